The molecule has 0 atom stereocenters. The number of para-hydroxylation sites is 1. The van der Waals surface area contributed by atoms with E-state index < -0.39 is 0 Å². The van der Waals surface area contributed by atoms with Gasteiger partial charge in [0.05, 0.1) is 5.76 Å². The summed E-state index contributed by atoms with van der Waals surface area (Å²) in [6.45, 7) is 0. The molecule has 0 spiro atoms. The van der Waals surface area contributed by atoms with Crippen LogP contribution in [0.5, 0.6) is 0 Å². The molecule has 1 aromatic carbocycles. The Balaban J connectivity index is 0.000000267. The number of hydrogen-bond donors (Lipinski definition) is 1. The summed E-state index contributed by atoms with van der Waals surface area (Å²) in [5.74, 6) is 0.589. The molecule has 2 rings (SSSR count). The minimum Gasteiger partial charge on any atom is -0.687 e. The molecular formula is C13H18MnNO-. The van der Waals surface area contributed by atoms with Crippen LogP contribution in [0.25, 0.3) is 5.32 Å². The van der Waals surface area contributed by atoms with Gasteiger partial charge < -0.3 is 10.4 Å². The van der Waals surface area contributed by atoms with Crippen LogP contribution in [0, 0.1) is 0 Å². The largest absolute Gasteiger partial charge is 0.687 e. The van der Waals surface area contributed by atoms with Gasteiger partial charge in [-0.1, -0.05) is 30.3 Å². The molecule has 3 heteroatoms. The van der Waals surface area contributed by atoms with Crippen LogP contribution in [0.15, 0.2) is 42.2 Å². The Morgan fingerprint density at radius 2 is 1.81 bits per heavy atom. The van der Waals surface area contributed by atoms with Gasteiger partial charge in [0.2, 0.25) is 0 Å². The van der Waals surface area contributed by atoms with Crippen LogP contribution < -0.4 is 0 Å². The molecule has 0 amide bonds. The monoisotopic (exact) mass is 259 g/mol. The summed E-state index contributed by atoms with van der Waals surface area (Å²) in [5.41, 5.74) is 1.03. The summed E-state index contributed by atoms with van der Waals surface area (Å²) in [7, 11) is 1.79. The third-order valence-corrected chi connectivity index (χ3v) is 2.28. The molecule has 16 heavy (non-hydrogen) atoms. The summed E-state index contributed by atoms with van der Waals surface area (Å²) >= 11 is 0. The van der Waals surface area contributed by atoms with Crippen LogP contribution in [0.3, 0.4) is 0 Å². The number of hydrogen-bond acceptors (Lipinski definition) is 1. The van der Waals surface area contributed by atoms with Crippen LogP contribution in [-0.2, 0) is 17.1 Å². The van der Waals surface area contributed by atoms with E-state index in [1.807, 2.05) is 36.4 Å². The quantitative estimate of drug-likeness (QED) is 0.749. The Morgan fingerprint density at radius 3 is 2.12 bits per heavy atom. The normalized spacial score (nSPS) is 13.7. The van der Waals surface area contributed by atoms with E-state index in [9.17, 15) is 0 Å². The molecule has 1 aliphatic rings. The van der Waals surface area contributed by atoms with Gasteiger partial charge in [-0.15, -0.1) is 12.7 Å². The molecule has 1 radical (unpaired) electrons. The molecule has 2 nitrogen and oxygen atoms in total. The van der Waals surface area contributed by atoms with Crippen LogP contribution in [-0.4, -0.2) is 12.2 Å². The van der Waals surface area contributed by atoms with Crippen molar-refractivity contribution in [2.24, 2.45) is 0 Å². The van der Waals surface area contributed by atoms with Crippen molar-refractivity contribution >= 4 is 5.69 Å². The van der Waals surface area contributed by atoms with Gasteiger partial charge in [0, 0.05) is 23.5 Å². The van der Waals surface area contributed by atoms with Crippen molar-refractivity contribution in [2.45, 2.75) is 25.7 Å². The van der Waals surface area contributed by atoms with Gasteiger partial charge >= 0.3 is 0 Å². The van der Waals surface area contributed by atoms with Gasteiger partial charge in [-0.25, -0.2) is 0 Å². The van der Waals surface area contributed by atoms with Crippen LogP contribution in [0.1, 0.15) is 25.7 Å². The maximum Gasteiger partial charge on any atom is 0.0882 e. The second-order valence-corrected chi connectivity index (χ2v) is 3.50. The van der Waals surface area contributed by atoms with Crippen molar-refractivity contribution in [2.75, 3.05) is 7.05 Å². The fourth-order valence-corrected chi connectivity index (χ4v) is 1.40. The molecule has 0 saturated carbocycles. The maximum absolute atomic E-state index is 8.77. The van der Waals surface area contributed by atoms with Crippen molar-refractivity contribution < 1.29 is 22.2 Å². The molecule has 1 N–H and O–H groups in total. The summed E-state index contributed by atoms with van der Waals surface area (Å²) in [4.78, 5) is 0. The average molecular weight is 259 g/mol. The first kappa shape index (κ1) is 15.1. The molecule has 0 saturated heterocycles. The molecule has 1 aromatic rings. The Labute approximate surface area is 108 Å². The molecule has 0 unspecified atom stereocenters. The zero-order chi connectivity index (χ0) is 10.9. The van der Waals surface area contributed by atoms with Gasteiger partial charge in [-0.05, 0) is 25.3 Å². The van der Waals surface area contributed by atoms with E-state index >= 15 is 0 Å². The molecule has 89 valence electrons. The standard InChI is InChI=1S/C7H8N.C6H10O.Mn/c1-8-7-5-3-2-4-6-7;7-6-4-2-1-3-5-6;/h2-6H,1H3;4,7H,1-3,5H2;/q-1;;. The molecule has 0 aliphatic heterocycles. The Bertz CT molecular complexity index is 298. The predicted molar refractivity (Wildman–Crippen MR) is 64.6 cm³/mol. The number of nitrogens with zero attached hydrogens (tertiary/aromatic N) is 1. The van der Waals surface area contributed by atoms with Crippen LogP contribution in [0.2, 0.25) is 0 Å². The summed E-state index contributed by atoms with van der Waals surface area (Å²) < 4.78 is 0. The van der Waals surface area contributed by atoms with Crippen molar-refractivity contribution in [1.82, 2.24) is 0 Å². The smallest absolute Gasteiger partial charge is 0.0882 e. The van der Waals surface area contributed by atoms with E-state index in [0.717, 1.165) is 18.5 Å². The number of aliphatic hydroxyl groups is 1. The molecule has 0 fully saturated rings. The van der Waals surface area contributed by atoms with Crippen LogP contribution >= 0.6 is 0 Å². The van der Waals surface area contributed by atoms with Crippen LogP contribution in [0.4, 0.5) is 5.69 Å². The average Bonchev–Trinajstić information content (AvgIpc) is 2.32. The molecule has 0 heterocycles. The Kier molecular flexibility index (Phi) is 8.78. The Morgan fingerprint density at radius 1 is 1.12 bits per heavy atom. The van der Waals surface area contributed by atoms with E-state index in [1.54, 1.807) is 7.05 Å². The van der Waals surface area contributed by atoms with E-state index in [2.05, 4.69) is 5.32 Å². The topological polar surface area (TPSA) is 34.3 Å². The second kappa shape index (κ2) is 9.32. The first-order valence-corrected chi connectivity index (χ1v) is 5.36. The fraction of sp³-hybridized carbons (Fsp3) is 0.385. The van der Waals surface area contributed by atoms with Crippen molar-refractivity contribution in [1.29, 1.82) is 0 Å². The van der Waals surface area contributed by atoms with Gasteiger partial charge in [0.15, 0.2) is 0 Å². The van der Waals surface area contributed by atoms with Gasteiger partial charge in [0.1, 0.15) is 0 Å². The van der Waals surface area contributed by atoms with Crippen molar-refractivity contribution in [3.05, 3.63) is 47.5 Å². The fourth-order valence-electron chi connectivity index (χ4n) is 1.40. The zero-order valence-electron chi connectivity index (χ0n) is 9.56. The SMILES string of the molecule is C[N-]c1ccccc1.OC1=CCCCC1.[Mn]. The number of rotatable bonds is 1. The Hall–Kier alpha value is -0.921. The number of benzene rings is 1. The van der Waals surface area contributed by atoms with E-state index in [1.165, 1.54) is 12.8 Å². The molecule has 0 aromatic heterocycles. The summed E-state index contributed by atoms with van der Waals surface area (Å²) in [6, 6.07) is 9.87. The predicted octanol–water partition coefficient (Wildman–Crippen LogP) is 4.32. The second-order valence-electron chi connectivity index (χ2n) is 3.50. The number of aliphatic hydroxyl groups excluding tert-OH is 1. The van der Waals surface area contributed by atoms with Crippen molar-refractivity contribution in [3.8, 4) is 0 Å². The summed E-state index contributed by atoms with van der Waals surface area (Å²) in [5, 5.41) is 12.7. The third kappa shape index (κ3) is 6.54. The van der Waals surface area contributed by atoms with E-state index in [-0.39, 0.29) is 17.1 Å². The molecular weight excluding hydrogens is 241 g/mol. The first-order valence-electron chi connectivity index (χ1n) is 5.36. The zero-order valence-corrected chi connectivity index (χ0v) is 10.7. The maximum atomic E-state index is 8.77. The third-order valence-electron chi connectivity index (χ3n) is 2.28. The van der Waals surface area contributed by atoms with Gasteiger partial charge in [-0.3, -0.25) is 0 Å². The minimum absolute atomic E-state index is 0. The molecule has 0 bridgehead atoms. The summed E-state index contributed by atoms with van der Waals surface area (Å²) in [6.07, 6.45) is 6.31. The molecule has 1 aliphatic carbocycles. The van der Waals surface area contributed by atoms with Gasteiger partial charge in [-0.2, -0.15) is 0 Å². The van der Waals surface area contributed by atoms with E-state index in [0.29, 0.717) is 5.76 Å². The van der Waals surface area contributed by atoms with Crippen molar-refractivity contribution in [3.63, 3.8) is 0 Å². The van der Waals surface area contributed by atoms with Gasteiger partial charge in [0.25, 0.3) is 0 Å². The first-order chi connectivity index (χ1) is 7.33. The minimum atomic E-state index is 0. The number of allylic oxidation sites excluding steroid dienone is 2. The van der Waals surface area contributed by atoms with E-state index in [4.69, 9.17) is 5.11 Å².